The third kappa shape index (κ3) is 4.11. The number of hydrogen-bond acceptors (Lipinski definition) is 3. The zero-order valence-electron chi connectivity index (χ0n) is 18.5. The Morgan fingerprint density at radius 3 is 2.53 bits per heavy atom. The van der Waals surface area contributed by atoms with E-state index in [1.54, 1.807) is 24.1 Å². The molecule has 4 rings (SSSR count). The predicted molar refractivity (Wildman–Crippen MR) is 125 cm³/mol. The highest BCUT2D eigenvalue weighted by atomic mass is 16.5. The molecule has 5 heteroatoms. The van der Waals surface area contributed by atoms with E-state index in [9.17, 15) is 9.59 Å². The number of benzene rings is 3. The number of methoxy groups -OCH3 is 1. The number of para-hydroxylation sites is 1. The predicted octanol–water partition coefficient (Wildman–Crippen LogP) is 4.23. The molecule has 3 aromatic carbocycles. The SMILES string of the molecule is COc1ccccc1C(=O)N1CC[C@@](Cc2ccccc2-c2cccc(C)c2)(C(N)=O)C1. The molecule has 1 aliphatic rings. The van der Waals surface area contributed by atoms with Crippen molar-refractivity contribution < 1.29 is 14.3 Å². The number of aryl methyl sites for hydroxylation is 1. The summed E-state index contributed by atoms with van der Waals surface area (Å²) in [6, 6.07) is 23.6. The molecule has 164 valence electrons. The van der Waals surface area contributed by atoms with Crippen LogP contribution in [0.25, 0.3) is 11.1 Å². The van der Waals surface area contributed by atoms with Crippen molar-refractivity contribution in [1.29, 1.82) is 0 Å². The van der Waals surface area contributed by atoms with Gasteiger partial charge in [-0.25, -0.2) is 0 Å². The smallest absolute Gasteiger partial charge is 0.257 e. The van der Waals surface area contributed by atoms with Crippen molar-refractivity contribution in [3.8, 4) is 16.9 Å². The van der Waals surface area contributed by atoms with Crippen molar-refractivity contribution in [3.05, 3.63) is 89.5 Å². The van der Waals surface area contributed by atoms with Crippen molar-refractivity contribution in [1.82, 2.24) is 4.90 Å². The maximum atomic E-state index is 13.2. The Hall–Kier alpha value is -3.60. The van der Waals surface area contributed by atoms with Crippen molar-refractivity contribution >= 4 is 11.8 Å². The van der Waals surface area contributed by atoms with Crippen molar-refractivity contribution in [2.45, 2.75) is 19.8 Å². The van der Waals surface area contributed by atoms with Crippen molar-refractivity contribution in [2.24, 2.45) is 11.1 Å². The summed E-state index contributed by atoms with van der Waals surface area (Å²) in [6.45, 7) is 2.84. The summed E-state index contributed by atoms with van der Waals surface area (Å²) in [6.07, 6.45) is 1.02. The van der Waals surface area contributed by atoms with Crippen LogP contribution in [0, 0.1) is 12.3 Å². The lowest BCUT2D eigenvalue weighted by Gasteiger charge is -2.27. The van der Waals surface area contributed by atoms with Gasteiger partial charge in [-0.2, -0.15) is 0 Å². The molecule has 1 atom stereocenters. The molecule has 2 amide bonds. The second kappa shape index (κ2) is 8.87. The molecule has 3 aromatic rings. The van der Waals surface area contributed by atoms with Gasteiger partial charge in [0.2, 0.25) is 5.91 Å². The number of amides is 2. The first-order chi connectivity index (χ1) is 15.4. The number of carbonyl (C=O) groups excluding carboxylic acids is 2. The second-order valence-corrected chi connectivity index (χ2v) is 8.52. The standard InChI is InChI=1S/C27H28N2O3/c1-19-8-7-10-20(16-19)22-11-4-3-9-21(22)17-27(26(28)31)14-15-29(18-27)25(30)23-12-5-6-13-24(23)32-2/h3-13,16H,14-15,17-18H2,1-2H3,(H2,28,31)/t27-/m0/s1. The van der Waals surface area contributed by atoms with Crippen LogP contribution in [0.4, 0.5) is 0 Å². The van der Waals surface area contributed by atoms with E-state index in [1.165, 1.54) is 5.56 Å². The van der Waals surface area contributed by atoms with Gasteiger partial charge in [0.15, 0.2) is 0 Å². The maximum Gasteiger partial charge on any atom is 0.257 e. The monoisotopic (exact) mass is 428 g/mol. The maximum absolute atomic E-state index is 13.2. The van der Waals surface area contributed by atoms with Gasteiger partial charge >= 0.3 is 0 Å². The molecule has 0 saturated carbocycles. The second-order valence-electron chi connectivity index (χ2n) is 8.52. The van der Waals surface area contributed by atoms with Crippen molar-refractivity contribution in [3.63, 3.8) is 0 Å². The van der Waals surface area contributed by atoms with Gasteiger partial charge in [0.05, 0.1) is 18.1 Å². The minimum atomic E-state index is -0.808. The Morgan fingerprint density at radius 2 is 1.78 bits per heavy atom. The molecule has 32 heavy (non-hydrogen) atoms. The molecule has 0 radical (unpaired) electrons. The van der Waals surface area contributed by atoms with Crippen LogP contribution in [0.15, 0.2) is 72.8 Å². The first-order valence-electron chi connectivity index (χ1n) is 10.8. The molecule has 0 spiro atoms. The Labute approximate surface area is 188 Å². The lowest BCUT2D eigenvalue weighted by atomic mass is 9.78. The number of hydrogen-bond donors (Lipinski definition) is 1. The highest BCUT2D eigenvalue weighted by molar-refractivity contribution is 5.98. The average molecular weight is 429 g/mol. The Bertz CT molecular complexity index is 1160. The summed E-state index contributed by atoms with van der Waals surface area (Å²) >= 11 is 0. The number of ether oxygens (including phenoxy) is 1. The fourth-order valence-corrected chi connectivity index (χ4v) is 4.60. The highest BCUT2D eigenvalue weighted by Gasteiger charge is 2.45. The quantitative estimate of drug-likeness (QED) is 0.639. The lowest BCUT2D eigenvalue weighted by molar-refractivity contribution is -0.126. The minimum absolute atomic E-state index is 0.141. The van der Waals surface area contributed by atoms with E-state index in [2.05, 4.69) is 31.2 Å². The molecule has 1 saturated heterocycles. The highest BCUT2D eigenvalue weighted by Crippen LogP contribution is 2.38. The number of carbonyl (C=O) groups is 2. The van der Waals surface area contributed by atoms with Crippen LogP contribution in [-0.2, 0) is 11.2 Å². The summed E-state index contributed by atoms with van der Waals surface area (Å²) in [5.74, 6) is 0.0169. The summed E-state index contributed by atoms with van der Waals surface area (Å²) in [5, 5.41) is 0. The third-order valence-electron chi connectivity index (χ3n) is 6.38. The number of nitrogens with two attached hydrogens (primary N) is 1. The minimum Gasteiger partial charge on any atom is -0.496 e. The van der Waals surface area contributed by atoms with Gasteiger partial charge in [0, 0.05) is 13.1 Å². The van der Waals surface area contributed by atoms with Crippen LogP contribution in [0.2, 0.25) is 0 Å². The first kappa shape index (κ1) is 21.6. The zero-order chi connectivity index (χ0) is 22.7. The third-order valence-corrected chi connectivity index (χ3v) is 6.38. The fraction of sp³-hybridized carbons (Fsp3) is 0.259. The molecule has 1 fully saturated rings. The van der Waals surface area contributed by atoms with E-state index in [0.717, 1.165) is 16.7 Å². The normalized spacial score (nSPS) is 17.9. The van der Waals surface area contributed by atoms with Crippen LogP contribution < -0.4 is 10.5 Å². The zero-order valence-corrected chi connectivity index (χ0v) is 18.5. The molecule has 0 aliphatic carbocycles. The van der Waals surface area contributed by atoms with Crippen LogP contribution in [-0.4, -0.2) is 36.9 Å². The molecular formula is C27H28N2O3. The van der Waals surface area contributed by atoms with E-state index in [0.29, 0.717) is 37.2 Å². The van der Waals surface area contributed by atoms with Gasteiger partial charge in [0.1, 0.15) is 5.75 Å². The molecule has 1 aliphatic heterocycles. The Kier molecular flexibility index (Phi) is 5.99. The topological polar surface area (TPSA) is 72.6 Å². The van der Waals surface area contributed by atoms with Crippen LogP contribution in [0.1, 0.15) is 27.9 Å². The van der Waals surface area contributed by atoms with Gasteiger partial charge in [-0.1, -0.05) is 66.2 Å². The largest absolute Gasteiger partial charge is 0.496 e. The van der Waals surface area contributed by atoms with Gasteiger partial charge in [0.25, 0.3) is 5.91 Å². The number of likely N-dealkylation sites (tertiary alicyclic amines) is 1. The van der Waals surface area contributed by atoms with E-state index in [1.807, 2.05) is 36.4 Å². The van der Waals surface area contributed by atoms with Gasteiger partial charge in [-0.05, 0) is 48.6 Å². The molecular weight excluding hydrogens is 400 g/mol. The molecule has 2 N–H and O–H groups in total. The molecule has 0 aromatic heterocycles. The van der Waals surface area contributed by atoms with E-state index < -0.39 is 5.41 Å². The van der Waals surface area contributed by atoms with Gasteiger partial charge in [-0.3, -0.25) is 9.59 Å². The Balaban J connectivity index is 1.63. The number of rotatable bonds is 6. The van der Waals surface area contributed by atoms with Crippen LogP contribution in [0.3, 0.4) is 0 Å². The molecule has 0 bridgehead atoms. The lowest BCUT2D eigenvalue weighted by Crippen LogP contribution is -2.42. The van der Waals surface area contributed by atoms with Gasteiger partial charge < -0.3 is 15.4 Å². The summed E-state index contributed by atoms with van der Waals surface area (Å²) < 4.78 is 5.36. The number of nitrogens with zero attached hydrogens (tertiary/aromatic N) is 1. The molecule has 5 nitrogen and oxygen atoms in total. The summed E-state index contributed by atoms with van der Waals surface area (Å²) in [5.41, 5.74) is 10.1. The molecule has 0 unspecified atom stereocenters. The molecule has 1 heterocycles. The van der Waals surface area contributed by atoms with Crippen LogP contribution in [0.5, 0.6) is 5.75 Å². The Morgan fingerprint density at radius 1 is 1.03 bits per heavy atom. The fourth-order valence-electron chi connectivity index (χ4n) is 4.60. The summed E-state index contributed by atoms with van der Waals surface area (Å²) in [4.78, 5) is 27.6. The van der Waals surface area contributed by atoms with Gasteiger partial charge in [-0.15, -0.1) is 0 Å². The number of primary amides is 1. The van der Waals surface area contributed by atoms with Crippen molar-refractivity contribution in [2.75, 3.05) is 20.2 Å². The first-order valence-corrected chi connectivity index (χ1v) is 10.8. The van der Waals surface area contributed by atoms with E-state index in [-0.39, 0.29) is 11.8 Å². The van der Waals surface area contributed by atoms with E-state index >= 15 is 0 Å². The summed E-state index contributed by atoms with van der Waals surface area (Å²) in [7, 11) is 1.55. The van der Waals surface area contributed by atoms with E-state index in [4.69, 9.17) is 10.5 Å². The average Bonchev–Trinajstić information content (AvgIpc) is 3.24. The van der Waals surface area contributed by atoms with Crippen LogP contribution >= 0.6 is 0 Å².